The van der Waals surface area contributed by atoms with Gasteiger partial charge in [-0.15, -0.1) is 0 Å². The zero-order chi connectivity index (χ0) is 15.9. The van der Waals surface area contributed by atoms with Crippen LogP contribution in [0.5, 0.6) is 0 Å². The van der Waals surface area contributed by atoms with Gasteiger partial charge in [-0.05, 0) is 0 Å². The topological polar surface area (TPSA) is 0 Å². The third kappa shape index (κ3) is 4.50. The Kier molecular flexibility index (Phi) is 5.99. The molecule has 19 heavy (non-hydrogen) atoms. The number of hydrogen-bond donors (Lipinski definition) is 0. The van der Waals surface area contributed by atoms with E-state index in [2.05, 4.69) is 0 Å². The molecule has 0 nitrogen and oxygen atoms in total. The molecule has 0 bridgehead atoms. The van der Waals surface area contributed by atoms with Crippen molar-refractivity contribution in [2.75, 3.05) is 0 Å². The molecule has 0 aliphatic rings. The van der Waals surface area contributed by atoms with Crippen molar-refractivity contribution in [3.05, 3.63) is 0 Å². The Hall–Kier alpha value is 1.04. The monoisotopic (exact) mass is 472 g/mol. The molecule has 0 saturated heterocycles. The van der Waals surface area contributed by atoms with E-state index >= 15 is 0 Å². The van der Waals surface area contributed by atoms with E-state index in [1.165, 1.54) is 0 Å². The van der Waals surface area contributed by atoms with Gasteiger partial charge in [-0.1, -0.05) is 0 Å². The fraction of sp³-hybridized carbons (Fsp3) is 1.00. The van der Waals surface area contributed by atoms with Gasteiger partial charge in [-0.2, -0.15) is 0 Å². The van der Waals surface area contributed by atoms with Gasteiger partial charge in [0.05, 0.1) is 0 Å². The second-order valence-corrected chi connectivity index (χ2v) is 25.3. The van der Waals surface area contributed by atoms with Gasteiger partial charge < -0.3 is 0 Å². The van der Waals surface area contributed by atoms with Crippen LogP contribution in [0.25, 0.3) is 0 Å². The predicted octanol–water partition coefficient (Wildman–Crippen LogP) is 5.50. The molecule has 0 N–H and O–H groups in total. The number of halogens is 12. The van der Waals surface area contributed by atoms with Crippen molar-refractivity contribution in [3.63, 3.8) is 0 Å². The van der Waals surface area contributed by atoms with Crippen molar-refractivity contribution < 1.29 is 39.5 Å². The average molecular weight is 472 g/mol. The number of hydrogen-bond acceptors (Lipinski definition) is 0. The fourth-order valence-electron chi connectivity index (χ4n) is 0.863. The summed E-state index contributed by atoms with van der Waals surface area (Å²) in [6, 6.07) is 0. The Bertz CT molecular complexity index is 321. The van der Waals surface area contributed by atoms with Crippen molar-refractivity contribution in [1.29, 1.82) is 0 Å². The molecule has 0 aromatic rings. The van der Waals surface area contributed by atoms with E-state index in [4.69, 9.17) is 26.8 Å². The summed E-state index contributed by atoms with van der Waals surface area (Å²) in [4.78, 5) is 0. The first-order valence-corrected chi connectivity index (χ1v) is 17.1. The van der Waals surface area contributed by atoms with E-state index in [1.54, 1.807) is 0 Å². The number of rotatable bonds is 5. The van der Waals surface area contributed by atoms with Gasteiger partial charge in [0.1, 0.15) is 0 Å². The Labute approximate surface area is 116 Å². The molecular formula is C6H4Cl3F9Sn. The Morgan fingerprint density at radius 3 is 1.32 bits per heavy atom. The van der Waals surface area contributed by atoms with Gasteiger partial charge in [0.25, 0.3) is 0 Å². The Morgan fingerprint density at radius 1 is 0.684 bits per heavy atom. The molecule has 0 aliphatic heterocycles. The van der Waals surface area contributed by atoms with E-state index in [0.717, 1.165) is 0 Å². The van der Waals surface area contributed by atoms with Gasteiger partial charge in [-0.25, -0.2) is 0 Å². The van der Waals surface area contributed by atoms with E-state index in [-0.39, 0.29) is 0 Å². The summed E-state index contributed by atoms with van der Waals surface area (Å²) in [6.45, 7) is 0. The summed E-state index contributed by atoms with van der Waals surface area (Å²) in [5, 5.41) is 0. The summed E-state index contributed by atoms with van der Waals surface area (Å²) in [5.74, 6) is -19.2. The van der Waals surface area contributed by atoms with Gasteiger partial charge in [0, 0.05) is 0 Å². The molecule has 0 aromatic carbocycles. The van der Waals surface area contributed by atoms with Gasteiger partial charge in [0.15, 0.2) is 0 Å². The second kappa shape index (κ2) is 5.68. The summed E-state index contributed by atoms with van der Waals surface area (Å²) in [6.07, 6.45) is -8.90. The quantitative estimate of drug-likeness (QED) is 0.367. The Balaban J connectivity index is 5.28. The minimum atomic E-state index is -6.90. The second-order valence-electron chi connectivity index (χ2n) is 3.47. The van der Waals surface area contributed by atoms with Gasteiger partial charge in [0.2, 0.25) is 0 Å². The molecule has 0 heterocycles. The van der Waals surface area contributed by atoms with Crippen molar-refractivity contribution >= 4 is 41.8 Å². The van der Waals surface area contributed by atoms with Crippen molar-refractivity contribution in [1.82, 2.24) is 0 Å². The number of alkyl halides is 9. The van der Waals surface area contributed by atoms with Crippen LogP contribution in [0.2, 0.25) is 4.44 Å². The fourth-order valence-corrected chi connectivity index (χ4v) is 4.47. The van der Waals surface area contributed by atoms with Crippen LogP contribution in [-0.4, -0.2) is 38.9 Å². The molecule has 0 spiro atoms. The van der Waals surface area contributed by atoms with Crippen LogP contribution in [-0.2, 0) is 0 Å². The van der Waals surface area contributed by atoms with Gasteiger partial charge in [-0.3, -0.25) is 0 Å². The molecule has 0 fully saturated rings. The first-order chi connectivity index (χ1) is 7.96. The van der Waals surface area contributed by atoms with Crippen molar-refractivity contribution in [2.24, 2.45) is 0 Å². The van der Waals surface area contributed by atoms with Crippen molar-refractivity contribution in [2.45, 2.75) is 34.8 Å². The third-order valence-electron chi connectivity index (χ3n) is 1.93. The van der Waals surface area contributed by atoms with Gasteiger partial charge >= 0.3 is 116 Å². The summed E-state index contributed by atoms with van der Waals surface area (Å²) in [5.41, 5.74) is 0. The van der Waals surface area contributed by atoms with Crippen LogP contribution >= 0.6 is 26.8 Å². The van der Waals surface area contributed by atoms with E-state index in [0.29, 0.717) is 0 Å². The normalized spacial score (nSPS) is 15.8. The molecule has 0 rings (SSSR count). The average Bonchev–Trinajstić information content (AvgIpc) is 2.11. The predicted molar refractivity (Wildman–Crippen MR) is 53.6 cm³/mol. The molecule has 0 unspecified atom stereocenters. The van der Waals surface area contributed by atoms with E-state index in [9.17, 15) is 39.5 Å². The molecule has 0 radical (unpaired) electrons. The molecule has 0 aromatic heterocycles. The van der Waals surface area contributed by atoms with E-state index in [1.807, 2.05) is 0 Å². The summed E-state index contributed by atoms with van der Waals surface area (Å²) in [7, 11) is 15.4. The molecule has 116 valence electrons. The van der Waals surface area contributed by atoms with Crippen molar-refractivity contribution in [3.8, 4) is 0 Å². The molecule has 0 amide bonds. The first-order valence-electron chi connectivity index (χ1n) is 4.22. The molecule has 0 saturated carbocycles. The summed E-state index contributed by atoms with van der Waals surface area (Å²) < 4.78 is 110. The molecule has 0 aliphatic carbocycles. The van der Waals surface area contributed by atoms with Crippen LogP contribution in [0.1, 0.15) is 6.42 Å². The Morgan fingerprint density at radius 2 is 1.05 bits per heavy atom. The van der Waals surface area contributed by atoms with Crippen LogP contribution in [0.4, 0.5) is 39.5 Å². The summed E-state index contributed by atoms with van der Waals surface area (Å²) >= 11 is -4.58. The van der Waals surface area contributed by atoms with Crippen LogP contribution in [0.15, 0.2) is 0 Å². The molecule has 13 heteroatoms. The standard InChI is InChI=1S/C6H4F9.3ClH.Sn/c1-2-3(7,8)4(9,10)5(11,12)6(13,14)15;;;;/h1-2H2;3*1H;/q;;;;+3/p-3. The maximum atomic E-state index is 12.9. The third-order valence-corrected chi connectivity index (χ3v) is 8.07. The zero-order valence-corrected chi connectivity index (χ0v) is 13.6. The molecule has 0 atom stereocenters. The molecular weight excluding hydrogens is 468 g/mol. The van der Waals surface area contributed by atoms with Crippen LogP contribution in [0.3, 0.4) is 0 Å². The maximum absolute atomic E-state index is 12.9. The minimum absolute atomic E-state index is 1.13. The SMILES string of the molecule is FC(F)(F)C(F)(F)C(F)(F)C(F)(F)C[CH2][Sn]([Cl])([Cl])[Cl]. The zero-order valence-electron chi connectivity index (χ0n) is 8.45. The van der Waals surface area contributed by atoms with Crippen LogP contribution < -0.4 is 0 Å². The van der Waals surface area contributed by atoms with E-state index < -0.39 is 49.8 Å². The first kappa shape index (κ1) is 20.0. The van der Waals surface area contributed by atoms with Crippen LogP contribution in [0, 0.1) is 0 Å².